The van der Waals surface area contributed by atoms with Crippen LogP contribution in [0.2, 0.25) is 0 Å². The molecule has 27 heavy (non-hydrogen) atoms. The molecule has 3 rings (SSSR count). The molecular weight excluding hydrogens is 348 g/mol. The van der Waals surface area contributed by atoms with E-state index >= 15 is 0 Å². The summed E-state index contributed by atoms with van der Waals surface area (Å²) in [4.78, 5) is 30.7. The summed E-state index contributed by atoms with van der Waals surface area (Å²) in [7, 11) is 3.14. The van der Waals surface area contributed by atoms with E-state index in [4.69, 9.17) is 9.26 Å². The van der Waals surface area contributed by atoms with E-state index in [1.165, 1.54) is 4.90 Å². The molecule has 0 aliphatic heterocycles. The summed E-state index contributed by atoms with van der Waals surface area (Å²) >= 11 is 0. The van der Waals surface area contributed by atoms with Crippen LogP contribution in [-0.2, 0) is 4.79 Å². The molecule has 0 saturated heterocycles. The van der Waals surface area contributed by atoms with Gasteiger partial charge in [-0.3, -0.25) is 14.6 Å². The van der Waals surface area contributed by atoms with Gasteiger partial charge in [0.25, 0.3) is 5.91 Å². The number of rotatable bonds is 5. The van der Waals surface area contributed by atoms with Gasteiger partial charge in [0.1, 0.15) is 11.5 Å². The van der Waals surface area contributed by atoms with Crippen molar-refractivity contribution in [3.8, 4) is 5.75 Å². The van der Waals surface area contributed by atoms with Crippen molar-refractivity contribution in [1.29, 1.82) is 0 Å². The highest BCUT2D eigenvalue weighted by Gasteiger charge is 2.19. The number of amides is 2. The Kier molecular flexibility index (Phi) is 5.07. The summed E-state index contributed by atoms with van der Waals surface area (Å²) in [6.45, 7) is 3.37. The number of benzene rings is 1. The first-order valence-electron chi connectivity index (χ1n) is 8.31. The second-order valence-corrected chi connectivity index (χ2v) is 6.21. The van der Waals surface area contributed by atoms with Crippen LogP contribution in [0.4, 0.5) is 5.82 Å². The van der Waals surface area contributed by atoms with Gasteiger partial charge in [-0.15, -0.1) is 0 Å². The van der Waals surface area contributed by atoms with Crippen molar-refractivity contribution in [1.82, 2.24) is 15.0 Å². The first kappa shape index (κ1) is 18.4. The molecule has 2 amide bonds. The van der Waals surface area contributed by atoms with Crippen LogP contribution < -0.4 is 10.1 Å². The lowest BCUT2D eigenvalue weighted by molar-refractivity contribution is -0.116. The number of likely N-dealkylation sites (N-methyl/N-ethyl adjacent to an activating group) is 1. The Hall–Kier alpha value is -3.42. The predicted molar refractivity (Wildman–Crippen MR) is 99.9 cm³/mol. The van der Waals surface area contributed by atoms with Gasteiger partial charge in [0.05, 0.1) is 30.4 Å². The van der Waals surface area contributed by atoms with Crippen LogP contribution in [0, 0.1) is 13.8 Å². The highest BCUT2D eigenvalue weighted by molar-refractivity contribution is 6.01. The van der Waals surface area contributed by atoms with Gasteiger partial charge in [0, 0.05) is 18.5 Å². The molecule has 1 N–H and O–H groups in total. The van der Waals surface area contributed by atoms with Gasteiger partial charge in [-0.25, -0.2) is 0 Å². The fourth-order valence-corrected chi connectivity index (χ4v) is 2.69. The summed E-state index contributed by atoms with van der Waals surface area (Å²) in [6.07, 6.45) is 0. The number of aromatic nitrogens is 2. The molecule has 1 aromatic carbocycles. The number of hydrogen-bond donors (Lipinski definition) is 1. The quantitative estimate of drug-likeness (QED) is 0.743. The van der Waals surface area contributed by atoms with E-state index < -0.39 is 0 Å². The fourth-order valence-electron chi connectivity index (χ4n) is 2.69. The Labute approximate surface area is 156 Å². The number of hydrogen-bond acceptors (Lipinski definition) is 6. The summed E-state index contributed by atoms with van der Waals surface area (Å²) in [6, 6.07) is 8.84. The van der Waals surface area contributed by atoms with E-state index in [0.717, 1.165) is 10.9 Å². The largest absolute Gasteiger partial charge is 0.497 e. The molecule has 0 aliphatic carbocycles. The smallest absolute Gasteiger partial charge is 0.255 e. The number of ether oxygens (including phenoxy) is 1. The third-order valence-electron chi connectivity index (χ3n) is 4.07. The number of pyridine rings is 1. The van der Waals surface area contributed by atoms with Gasteiger partial charge >= 0.3 is 0 Å². The summed E-state index contributed by atoms with van der Waals surface area (Å²) in [5.74, 6) is 0.919. The van der Waals surface area contributed by atoms with Crippen molar-refractivity contribution in [2.45, 2.75) is 13.8 Å². The highest BCUT2D eigenvalue weighted by Crippen LogP contribution is 2.22. The number of nitrogens with zero attached hydrogens (tertiary/aromatic N) is 3. The summed E-state index contributed by atoms with van der Waals surface area (Å²) in [5, 5.41) is 7.08. The number of anilines is 1. The highest BCUT2D eigenvalue weighted by atomic mass is 16.5. The lowest BCUT2D eigenvalue weighted by atomic mass is 10.1. The maximum Gasteiger partial charge on any atom is 0.255 e. The third-order valence-corrected chi connectivity index (χ3v) is 4.07. The topological polar surface area (TPSA) is 97.6 Å². The number of aryl methyl sites for hydroxylation is 2. The molecule has 0 bridgehead atoms. The van der Waals surface area contributed by atoms with Gasteiger partial charge < -0.3 is 19.5 Å². The minimum atomic E-state index is -0.368. The zero-order chi connectivity index (χ0) is 19.6. The Balaban J connectivity index is 1.77. The zero-order valence-electron chi connectivity index (χ0n) is 15.6. The van der Waals surface area contributed by atoms with Crippen LogP contribution >= 0.6 is 0 Å². The second kappa shape index (κ2) is 7.45. The second-order valence-electron chi connectivity index (χ2n) is 6.21. The normalized spacial score (nSPS) is 10.7. The van der Waals surface area contributed by atoms with Crippen molar-refractivity contribution in [2.75, 3.05) is 26.0 Å². The number of carbonyl (C=O) groups is 2. The molecule has 140 valence electrons. The lowest BCUT2D eigenvalue weighted by Gasteiger charge is -2.18. The molecule has 8 heteroatoms. The van der Waals surface area contributed by atoms with Crippen molar-refractivity contribution < 1.29 is 18.8 Å². The third kappa shape index (κ3) is 4.05. The monoisotopic (exact) mass is 368 g/mol. The average Bonchev–Trinajstić information content (AvgIpc) is 3.04. The summed E-state index contributed by atoms with van der Waals surface area (Å²) < 4.78 is 10.1. The van der Waals surface area contributed by atoms with Crippen molar-refractivity contribution in [3.05, 3.63) is 47.3 Å². The minimum Gasteiger partial charge on any atom is -0.497 e. The van der Waals surface area contributed by atoms with E-state index in [1.807, 2.05) is 18.2 Å². The molecule has 2 heterocycles. The molecule has 0 spiro atoms. The zero-order valence-corrected chi connectivity index (χ0v) is 15.6. The van der Waals surface area contributed by atoms with Crippen molar-refractivity contribution in [2.24, 2.45) is 0 Å². The number of carbonyl (C=O) groups excluding carboxylic acids is 2. The van der Waals surface area contributed by atoms with Crippen molar-refractivity contribution >= 4 is 28.5 Å². The van der Waals surface area contributed by atoms with Crippen LogP contribution in [0.25, 0.3) is 10.9 Å². The average molecular weight is 368 g/mol. The number of nitrogens with one attached hydrogen (secondary N) is 1. The predicted octanol–water partition coefficient (Wildman–Crippen LogP) is 2.56. The molecule has 0 saturated carbocycles. The molecule has 0 radical (unpaired) electrons. The maximum absolute atomic E-state index is 12.8. The van der Waals surface area contributed by atoms with Crippen LogP contribution in [0.3, 0.4) is 0 Å². The first-order valence-corrected chi connectivity index (χ1v) is 8.31. The molecular formula is C19H20N4O4. The van der Waals surface area contributed by atoms with E-state index in [2.05, 4.69) is 15.5 Å². The van der Waals surface area contributed by atoms with E-state index in [9.17, 15) is 9.59 Å². The van der Waals surface area contributed by atoms with Gasteiger partial charge in [-0.1, -0.05) is 5.16 Å². The van der Waals surface area contributed by atoms with Gasteiger partial charge in [0.15, 0.2) is 5.82 Å². The first-order chi connectivity index (χ1) is 12.9. The standard InChI is InChI=1S/C19H20N4O4/c1-11-7-17(22-27-11)21-18(24)10-23(3)19(25)15-9-13-8-14(26-4)5-6-16(13)20-12(15)2/h5-9H,10H2,1-4H3,(H,21,22,24). The van der Waals surface area contributed by atoms with Gasteiger partial charge in [-0.2, -0.15) is 0 Å². The van der Waals surface area contributed by atoms with Gasteiger partial charge in [-0.05, 0) is 38.1 Å². The Morgan fingerprint density at radius 2 is 2.00 bits per heavy atom. The molecule has 3 aromatic rings. The summed E-state index contributed by atoms with van der Waals surface area (Å²) in [5.41, 5.74) is 1.80. The van der Waals surface area contributed by atoms with Crippen LogP contribution in [-0.4, -0.2) is 47.6 Å². The Morgan fingerprint density at radius 1 is 1.22 bits per heavy atom. The molecule has 0 aliphatic rings. The van der Waals surface area contributed by atoms with Crippen LogP contribution in [0.1, 0.15) is 21.8 Å². The minimum absolute atomic E-state index is 0.125. The van der Waals surface area contributed by atoms with E-state index in [1.54, 1.807) is 40.1 Å². The molecule has 0 unspecified atom stereocenters. The molecule has 8 nitrogen and oxygen atoms in total. The molecule has 0 fully saturated rings. The fraction of sp³-hybridized carbons (Fsp3) is 0.263. The van der Waals surface area contributed by atoms with E-state index in [0.29, 0.717) is 28.6 Å². The molecule has 2 aromatic heterocycles. The van der Waals surface area contributed by atoms with Crippen molar-refractivity contribution in [3.63, 3.8) is 0 Å². The lowest BCUT2D eigenvalue weighted by Crippen LogP contribution is -2.35. The molecule has 0 atom stereocenters. The van der Waals surface area contributed by atoms with Crippen LogP contribution in [0.15, 0.2) is 34.9 Å². The van der Waals surface area contributed by atoms with Crippen LogP contribution in [0.5, 0.6) is 5.75 Å². The Bertz CT molecular complexity index is 1010. The van der Waals surface area contributed by atoms with Gasteiger partial charge in [0.2, 0.25) is 5.91 Å². The SMILES string of the molecule is COc1ccc2nc(C)c(C(=O)N(C)CC(=O)Nc3cc(C)on3)cc2c1. The number of fused-ring (bicyclic) bond motifs is 1. The Morgan fingerprint density at radius 3 is 2.67 bits per heavy atom. The van der Waals surface area contributed by atoms with E-state index in [-0.39, 0.29) is 18.4 Å². The maximum atomic E-state index is 12.8. The number of methoxy groups -OCH3 is 1.